The molecule has 0 aliphatic carbocycles. The molecule has 1 unspecified atom stereocenters. The van der Waals surface area contributed by atoms with Crippen molar-refractivity contribution < 1.29 is 14.3 Å². The third kappa shape index (κ3) is 3.10. The second-order valence-electron chi connectivity index (χ2n) is 3.49. The zero-order chi connectivity index (χ0) is 13.0. The quantitative estimate of drug-likeness (QED) is 0.634. The molecule has 0 radical (unpaired) electrons. The molecule has 1 rings (SSSR count). The molecule has 0 fully saturated rings. The molecular formula is C11H15N3O3. The largest absolute Gasteiger partial charge is 0.480 e. The van der Waals surface area contributed by atoms with Gasteiger partial charge in [0.1, 0.15) is 5.75 Å². The van der Waals surface area contributed by atoms with Crippen molar-refractivity contribution in [3.05, 3.63) is 23.8 Å². The fraction of sp³-hybridized carbons (Fsp3) is 0.273. The molecule has 0 saturated heterocycles. The predicted octanol–water partition coefficient (Wildman–Crippen LogP) is -0.119. The van der Waals surface area contributed by atoms with Crippen molar-refractivity contribution in [2.45, 2.75) is 13.0 Å². The number of hydrogen-bond donors (Lipinski definition) is 3. The molecule has 1 aromatic rings. The molecule has 0 spiro atoms. The lowest BCUT2D eigenvalue weighted by Crippen LogP contribution is -2.34. The topological polar surface area (TPSA) is 107 Å². The molecule has 0 heterocycles. The summed E-state index contributed by atoms with van der Waals surface area (Å²) in [6.45, 7) is 1.56. The number of ether oxygens (including phenoxy) is 1. The maximum absolute atomic E-state index is 11.3. The van der Waals surface area contributed by atoms with Gasteiger partial charge in [-0.25, -0.2) is 0 Å². The Hall–Kier alpha value is -2.24. The SMILES string of the molecule is CNC(=O)C(C)Oc1cc(N)ccc1C(N)=O. The van der Waals surface area contributed by atoms with Gasteiger partial charge >= 0.3 is 0 Å². The van der Waals surface area contributed by atoms with E-state index in [9.17, 15) is 9.59 Å². The number of nitrogens with one attached hydrogen (secondary N) is 1. The van der Waals surface area contributed by atoms with Crippen molar-refractivity contribution >= 4 is 17.5 Å². The van der Waals surface area contributed by atoms with Gasteiger partial charge in [-0.3, -0.25) is 9.59 Å². The van der Waals surface area contributed by atoms with E-state index >= 15 is 0 Å². The van der Waals surface area contributed by atoms with Gasteiger partial charge in [-0.15, -0.1) is 0 Å². The van der Waals surface area contributed by atoms with Crippen LogP contribution in [-0.4, -0.2) is 25.0 Å². The first-order valence-corrected chi connectivity index (χ1v) is 5.03. The first kappa shape index (κ1) is 12.8. The number of hydrogen-bond acceptors (Lipinski definition) is 4. The lowest BCUT2D eigenvalue weighted by molar-refractivity contribution is -0.126. The number of primary amides is 1. The molecule has 2 amide bonds. The number of amides is 2. The summed E-state index contributed by atoms with van der Waals surface area (Å²) in [6, 6.07) is 4.46. The second kappa shape index (κ2) is 5.20. The van der Waals surface area contributed by atoms with Gasteiger partial charge in [0.25, 0.3) is 11.8 Å². The summed E-state index contributed by atoms with van der Waals surface area (Å²) in [5, 5.41) is 2.44. The van der Waals surface area contributed by atoms with Gasteiger partial charge in [0, 0.05) is 18.8 Å². The van der Waals surface area contributed by atoms with E-state index in [1.165, 1.54) is 25.2 Å². The summed E-state index contributed by atoms with van der Waals surface area (Å²) >= 11 is 0. The maximum Gasteiger partial charge on any atom is 0.260 e. The van der Waals surface area contributed by atoms with Crippen LogP contribution in [0, 0.1) is 0 Å². The molecule has 0 aliphatic rings. The highest BCUT2D eigenvalue weighted by Gasteiger charge is 2.17. The lowest BCUT2D eigenvalue weighted by atomic mass is 10.1. The van der Waals surface area contributed by atoms with Gasteiger partial charge in [-0.05, 0) is 19.1 Å². The molecule has 6 nitrogen and oxygen atoms in total. The summed E-state index contributed by atoms with van der Waals surface area (Å²) in [4.78, 5) is 22.5. The Kier molecular flexibility index (Phi) is 3.92. The number of carbonyl (C=O) groups excluding carboxylic acids is 2. The zero-order valence-electron chi connectivity index (χ0n) is 9.69. The minimum atomic E-state index is -0.736. The van der Waals surface area contributed by atoms with Gasteiger partial charge in [0.2, 0.25) is 0 Å². The predicted molar refractivity (Wildman–Crippen MR) is 63.5 cm³/mol. The monoisotopic (exact) mass is 237 g/mol. The van der Waals surface area contributed by atoms with E-state index in [0.29, 0.717) is 5.69 Å². The van der Waals surface area contributed by atoms with Crippen LogP contribution >= 0.6 is 0 Å². The number of benzene rings is 1. The van der Waals surface area contributed by atoms with Crippen molar-refractivity contribution in [1.29, 1.82) is 0 Å². The third-order valence-corrected chi connectivity index (χ3v) is 2.19. The van der Waals surface area contributed by atoms with Crippen molar-refractivity contribution in [2.75, 3.05) is 12.8 Å². The number of carbonyl (C=O) groups is 2. The average molecular weight is 237 g/mol. The van der Waals surface area contributed by atoms with Crippen LogP contribution in [0.15, 0.2) is 18.2 Å². The molecule has 0 aromatic heterocycles. The molecule has 0 aliphatic heterocycles. The number of rotatable bonds is 4. The molecule has 92 valence electrons. The summed E-state index contributed by atoms with van der Waals surface area (Å²) in [7, 11) is 1.50. The fourth-order valence-corrected chi connectivity index (χ4v) is 1.29. The molecule has 5 N–H and O–H groups in total. The van der Waals surface area contributed by atoms with E-state index in [2.05, 4.69) is 5.32 Å². The van der Waals surface area contributed by atoms with Crippen LogP contribution in [0.2, 0.25) is 0 Å². The molecule has 1 atom stereocenters. The van der Waals surface area contributed by atoms with Crippen LogP contribution < -0.4 is 21.5 Å². The van der Waals surface area contributed by atoms with Crippen LogP contribution in [0.25, 0.3) is 0 Å². The molecular weight excluding hydrogens is 222 g/mol. The van der Waals surface area contributed by atoms with E-state index in [1.54, 1.807) is 6.92 Å². The van der Waals surface area contributed by atoms with Crippen molar-refractivity contribution in [2.24, 2.45) is 5.73 Å². The van der Waals surface area contributed by atoms with Gasteiger partial charge < -0.3 is 21.5 Å². The number of likely N-dealkylation sites (N-methyl/N-ethyl adjacent to an activating group) is 1. The highest BCUT2D eigenvalue weighted by atomic mass is 16.5. The number of nitrogens with two attached hydrogens (primary N) is 2. The van der Waals surface area contributed by atoms with Crippen molar-refractivity contribution in [3.63, 3.8) is 0 Å². The first-order valence-electron chi connectivity index (χ1n) is 5.03. The third-order valence-electron chi connectivity index (χ3n) is 2.19. The Balaban J connectivity index is 3.00. The van der Waals surface area contributed by atoms with Gasteiger partial charge in [0.15, 0.2) is 6.10 Å². The van der Waals surface area contributed by atoms with Crippen molar-refractivity contribution in [1.82, 2.24) is 5.32 Å². The summed E-state index contributed by atoms with van der Waals surface area (Å²) in [5.74, 6) is -0.736. The van der Waals surface area contributed by atoms with Crippen LogP contribution in [0.4, 0.5) is 5.69 Å². The molecule has 17 heavy (non-hydrogen) atoms. The first-order chi connectivity index (χ1) is 7.95. The van der Waals surface area contributed by atoms with Gasteiger partial charge in [-0.2, -0.15) is 0 Å². The van der Waals surface area contributed by atoms with E-state index < -0.39 is 12.0 Å². The Morgan fingerprint density at radius 1 is 1.41 bits per heavy atom. The Bertz CT molecular complexity index is 446. The average Bonchev–Trinajstić information content (AvgIpc) is 2.27. The van der Waals surface area contributed by atoms with Crippen molar-refractivity contribution in [3.8, 4) is 5.75 Å². The highest BCUT2D eigenvalue weighted by Crippen LogP contribution is 2.22. The Morgan fingerprint density at radius 3 is 2.59 bits per heavy atom. The number of anilines is 1. The Labute approximate surface area is 98.9 Å². The standard InChI is InChI=1S/C11H15N3O3/c1-6(11(16)14-2)17-9-5-7(12)3-4-8(9)10(13)15/h3-6H,12H2,1-2H3,(H2,13,15)(H,14,16). The van der Waals surface area contributed by atoms with E-state index in [4.69, 9.17) is 16.2 Å². The van der Waals surface area contributed by atoms with E-state index in [0.717, 1.165) is 0 Å². The smallest absolute Gasteiger partial charge is 0.260 e. The molecule has 6 heteroatoms. The van der Waals surface area contributed by atoms with Crippen LogP contribution in [0.3, 0.4) is 0 Å². The van der Waals surface area contributed by atoms with Crippen LogP contribution in [0.5, 0.6) is 5.75 Å². The summed E-state index contributed by atoms with van der Waals surface area (Å²) in [6.07, 6.45) is -0.736. The minimum absolute atomic E-state index is 0.190. The second-order valence-corrected chi connectivity index (χ2v) is 3.49. The minimum Gasteiger partial charge on any atom is -0.480 e. The van der Waals surface area contributed by atoms with Crippen LogP contribution in [-0.2, 0) is 4.79 Å². The van der Waals surface area contributed by atoms with E-state index in [1.807, 2.05) is 0 Å². The fourth-order valence-electron chi connectivity index (χ4n) is 1.29. The maximum atomic E-state index is 11.3. The molecule has 1 aromatic carbocycles. The lowest BCUT2D eigenvalue weighted by Gasteiger charge is -2.15. The zero-order valence-corrected chi connectivity index (χ0v) is 9.69. The van der Waals surface area contributed by atoms with Gasteiger partial charge in [-0.1, -0.05) is 0 Å². The summed E-state index contributed by atoms with van der Waals surface area (Å²) < 4.78 is 5.35. The molecule has 0 saturated carbocycles. The number of nitrogen functional groups attached to an aromatic ring is 1. The van der Waals surface area contributed by atoms with Gasteiger partial charge in [0.05, 0.1) is 5.56 Å². The highest BCUT2D eigenvalue weighted by molar-refractivity contribution is 5.96. The normalized spacial score (nSPS) is 11.6. The molecule has 0 bridgehead atoms. The Morgan fingerprint density at radius 2 is 2.06 bits per heavy atom. The van der Waals surface area contributed by atoms with E-state index in [-0.39, 0.29) is 17.2 Å². The summed E-state index contributed by atoms with van der Waals surface area (Å²) in [5.41, 5.74) is 11.4. The van der Waals surface area contributed by atoms with Crippen LogP contribution in [0.1, 0.15) is 17.3 Å².